The number of aliphatic hydroxyl groups is 1. The normalized spacial score (nSPS) is 11.2. The fraction of sp³-hybridized carbons (Fsp3) is 0.429. The first kappa shape index (κ1) is 8.24. The molecule has 0 atom stereocenters. The van der Waals surface area contributed by atoms with Gasteiger partial charge in [0.05, 0.1) is 6.61 Å². The van der Waals surface area contributed by atoms with Gasteiger partial charge in [-0.3, -0.25) is 0 Å². The second-order valence-electron chi connectivity index (χ2n) is 1.88. The van der Waals surface area contributed by atoms with Gasteiger partial charge in [-0.15, -0.1) is 0 Å². The van der Waals surface area contributed by atoms with Crippen LogP contribution in [0.1, 0.15) is 13.8 Å². The second-order valence-corrected chi connectivity index (χ2v) is 1.88. The number of aliphatic hydroxyl groups excluding tert-OH is 1. The third-order valence-corrected chi connectivity index (χ3v) is 0.893. The molecular formula is C7H13NO. The van der Waals surface area contributed by atoms with E-state index in [-0.39, 0.29) is 6.61 Å². The van der Waals surface area contributed by atoms with Crippen LogP contribution in [0.15, 0.2) is 24.0 Å². The third-order valence-electron chi connectivity index (χ3n) is 0.893. The fourth-order valence-electron chi connectivity index (χ4n) is 0.477. The zero-order valence-corrected chi connectivity index (χ0v) is 5.94. The summed E-state index contributed by atoms with van der Waals surface area (Å²) in [5.74, 6) is 0. The van der Waals surface area contributed by atoms with Gasteiger partial charge in [-0.1, -0.05) is 12.7 Å². The van der Waals surface area contributed by atoms with Gasteiger partial charge in [-0.2, -0.15) is 0 Å². The summed E-state index contributed by atoms with van der Waals surface area (Å²) in [6.07, 6.45) is 1.81. The lowest BCUT2D eigenvalue weighted by atomic mass is 10.4. The Hall–Kier alpha value is -0.760. The highest BCUT2D eigenvalue weighted by Crippen LogP contribution is 1.89. The molecule has 0 bridgehead atoms. The lowest BCUT2D eigenvalue weighted by Crippen LogP contribution is -2.12. The lowest BCUT2D eigenvalue weighted by Gasteiger charge is -2.05. The van der Waals surface area contributed by atoms with Crippen LogP contribution in [0.2, 0.25) is 0 Å². The standard InChI is InChI=1S/C7H13NO/c1-4-7(5-9)8-6(2)3/h4,8-9H,2,5H2,1,3H3/b7-4-. The van der Waals surface area contributed by atoms with Crippen molar-refractivity contribution in [1.82, 2.24) is 5.32 Å². The van der Waals surface area contributed by atoms with E-state index in [0.717, 1.165) is 11.4 Å². The average molecular weight is 127 g/mol. The maximum absolute atomic E-state index is 8.60. The van der Waals surface area contributed by atoms with Crippen molar-refractivity contribution >= 4 is 0 Å². The molecule has 0 rings (SSSR count). The van der Waals surface area contributed by atoms with Crippen molar-refractivity contribution in [1.29, 1.82) is 0 Å². The average Bonchev–Trinajstić information content (AvgIpc) is 1.82. The van der Waals surface area contributed by atoms with E-state index in [1.165, 1.54) is 0 Å². The number of hydrogen-bond donors (Lipinski definition) is 2. The van der Waals surface area contributed by atoms with E-state index in [2.05, 4.69) is 11.9 Å². The van der Waals surface area contributed by atoms with Crippen LogP contribution < -0.4 is 5.32 Å². The minimum atomic E-state index is 0.0450. The van der Waals surface area contributed by atoms with Crippen molar-refractivity contribution in [2.45, 2.75) is 13.8 Å². The van der Waals surface area contributed by atoms with Crippen molar-refractivity contribution in [3.8, 4) is 0 Å². The van der Waals surface area contributed by atoms with Crippen molar-refractivity contribution in [2.75, 3.05) is 6.61 Å². The van der Waals surface area contributed by atoms with Crippen molar-refractivity contribution in [3.05, 3.63) is 24.0 Å². The molecule has 0 heterocycles. The van der Waals surface area contributed by atoms with Crippen LogP contribution in [0.25, 0.3) is 0 Å². The summed E-state index contributed by atoms with van der Waals surface area (Å²) in [7, 11) is 0. The highest BCUT2D eigenvalue weighted by atomic mass is 16.3. The predicted molar refractivity (Wildman–Crippen MR) is 38.8 cm³/mol. The molecule has 0 fully saturated rings. The highest BCUT2D eigenvalue weighted by molar-refractivity contribution is 5.05. The van der Waals surface area contributed by atoms with E-state index in [9.17, 15) is 0 Å². The molecule has 2 heteroatoms. The van der Waals surface area contributed by atoms with Crippen LogP contribution in [-0.2, 0) is 0 Å². The summed E-state index contributed by atoms with van der Waals surface area (Å²) >= 11 is 0. The zero-order valence-electron chi connectivity index (χ0n) is 5.94. The van der Waals surface area contributed by atoms with Gasteiger partial charge in [0.15, 0.2) is 0 Å². The Kier molecular flexibility index (Phi) is 3.80. The molecule has 0 aliphatic heterocycles. The van der Waals surface area contributed by atoms with Crippen LogP contribution in [0.5, 0.6) is 0 Å². The first-order chi connectivity index (χ1) is 4.20. The zero-order chi connectivity index (χ0) is 7.28. The Bertz CT molecular complexity index is 127. The second kappa shape index (κ2) is 4.15. The third kappa shape index (κ3) is 3.79. The van der Waals surface area contributed by atoms with E-state index >= 15 is 0 Å². The Morgan fingerprint density at radius 3 is 2.44 bits per heavy atom. The highest BCUT2D eigenvalue weighted by Gasteiger charge is 1.88. The molecule has 0 saturated heterocycles. The maximum atomic E-state index is 8.60. The van der Waals surface area contributed by atoms with Gasteiger partial charge >= 0.3 is 0 Å². The molecule has 0 aromatic carbocycles. The molecule has 0 amide bonds. The van der Waals surface area contributed by atoms with E-state index < -0.39 is 0 Å². The Morgan fingerprint density at radius 2 is 2.33 bits per heavy atom. The van der Waals surface area contributed by atoms with Crippen LogP contribution in [-0.4, -0.2) is 11.7 Å². The number of hydrogen-bond acceptors (Lipinski definition) is 2. The first-order valence-electron chi connectivity index (χ1n) is 2.89. The molecule has 0 aliphatic rings. The van der Waals surface area contributed by atoms with Gasteiger partial charge in [-0.25, -0.2) is 0 Å². The molecule has 0 spiro atoms. The summed E-state index contributed by atoms with van der Waals surface area (Å²) in [6, 6.07) is 0. The molecule has 52 valence electrons. The van der Waals surface area contributed by atoms with Crippen molar-refractivity contribution in [2.24, 2.45) is 0 Å². The van der Waals surface area contributed by atoms with Gasteiger partial charge in [0.2, 0.25) is 0 Å². The van der Waals surface area contributed by atoms with Gasteiger partial charge < -0.3 is 10.4 Å². The van der Waals surface area contributed by atoms with Crippen molar-refractivity contribution in [3.63, 3.8) is 0 Å². The minimum Gasteiger partial charge on any atom is -0.390 e. The topological polar surface area (TPSA) is 32.3 Å². The molecule has 0 aliphatic carbocycles. The Labute approximate surface area is 55.9 Å². The Morgan fingerprint density at radius 1 is 1.78 bits per heavy atom. The monoisotopic (exact) mass is 127 g/mol. The van der Waals surface area contributed by atoms with E-state index in [4.69, 9.17) is 5.11 Å². The molecule has 0 unspecified atom stereocenters. The molecule has 9 heavy (non-hydrogen) atoms. The van der Waals surface area contributed by atoms with E-state index in [1.807, 2.05) is 19.9 Å². The number of allylic oxidation sites excluding steroid dienone is 2. The number of nitrogens with one attached hydrogen (secondary N) is 1. The smallest absolute Gasteiger partial charge is 0.0827 e. The van der Waals surface area contributed by atoms with E-state index in [0.29, 0.717) is 0 Å². The molecule has 0 aromatic heterocycles. The molecule has 0 saturated carbocycles. The summed E-state index contributed by atoms with van der Waals surface area (Å²) in [6.45, 7) is 7.38. The van der Waals surface area contributed by atoms with Crippen LogP contribution in [0.3, 0.4) is 0 Å². The quantitative estimate of drug-likeness (QED) is 0.593. The molecule has 2 nitrogen and oxygen atoms in total. The molecule has 2 N–H and O–H groups in total. The van der Waals surface area contributed by atoms with Crippen LogP contribution in [0.4, 0.5) is 0 Å². The molecular weight excluding hydrogens is 114 g/mol. The number of rotatable bonds is 3. The summed E-state index contributed by atoms with van der Waals surface area (Å²) < 4.78 is 0. The molecule has 0 radical (unpaired) electrons. The maximum Gasteiger partial charge on any atom is 0.0827 e. The predicted octanol–water partition coefficient (Wildman–Crippen LogP) is 1.01. The summed E-state index contributed by atoms with van der Waals surface area (Å²) in [4.78, 5) is 0. The van der Waals surface area contributed by atoms with Gasteiger partial charge in [0, 0.05) is 11.4 Å². The van der Waals surface area contributed by atoms with Crippen molar-refractivity contribution < 1.29 is 5.11 Å². The van der Waals surface area contributed by atoms with Gasteiger partial charge in [0.25, 0.3) is 0 Å². The van der Waals surface area contributed by atoms with Gasteiger partial charge in [-0.05, 0) is 13.8 Å². The summed E-state index contributed by atoms with van der Waals surface area (Å²) in [5.41, 5.74) is 1.64. The SMILES string of the molecule is C=C(C)N/C(=C\C)CO. The van der Waals surface area contributed by atoms with Gasteiger partial charge in [0.1, 0.15) is 0 Å². The largest absolute Gasteiger partial charge is 0.390 e. The first-order valence-corrected chi connectivity index (χ1v) is 2.89. The van der Waals surface area contributed by atoms with E-state index in [1.54, 1.807) is 0 Å². The molecule has 0 aromatic rings. The van der Waals surface area contributed by atoms with Crippen LogP contribution >= 0.6 is 0 Å². The lowest BCUT2D eigenvalue weighted by molar-refractivity contribution is 0.324. The summed E-state index contributed by atoms with van der Waals surface area (Å²) in [5, 5.41) is 11.5. The fourth-order valence-corrected chi connectivity index (χ4v) is 0.477. The van der Waals surface area contributed by atoms with Crippen LogP contribution in [0, 0.1) is 0 Å². The Balaban J connectivity index is 3.71. The minimum absolute atomic E-state index is 0.0450.